The van der Waals surface area contributed by atoms with Gasteiger partial charge < -0.3 is 31.2 Å². The highest BCUT2D eigenvalue weighted by atomic mass is 16.5. The van der Waals surface area contributed by atoms with Gasteiger partial charge in [-0.1, -0.05) is 34.6 Å². The Bertz CT molecular complexity index is 506. The van der Waals surface area contributed by atoms with Crippen LogP contribution in [0.15, 0.2) is 0 Å². The highest BCUT2D eigenvalue weighted by Crippen LogP contribution is 2.10. The minimum absolute atomic E-state index is 0.0492. The maximum absolute atomic E-state index is 12.5. The second-order valence-electron chi connectivity index (χ2n) is 8.56. The van der Waals surface area contributed by atoms with Crippen LogP contribution in [0.4, 0.5) is 0 Å². The van der Waals surface area contributed by atoms with Gasteiger partial charge in [-0.05, 0) is 18.3 Å². The lowest BCUT2D eigenvalue weighted by molar-refractivity contribution is -0.133. The Kier molecular flexibility index (Phi) is 13.5. The summed E-state index contributed by atoms with van der Waals surface area (Å²) in [5, 5.41) is 8.21. The lowest BCUT2D eigenvalue weighted by Crippen LogP contribution is -2.55. The van der Waals surface area contributed by atoms with Gasteiger partial charge in [0, 0.05) is 19.5 Å². The van der Waals surface area contributed by atoms with Crippen molar-refractivity contribution < 1.29 is 23.9 Å². The molecule has 5 N–H and O–H groups in total. The SMILES string of the molecule is CC(C)[C@H](NC(=O)CCOCCOCCN)C(=O)N[C@@H](C)C(=O)NCC(C)(C)C. The third-order valence-electron chi connectivity index (χ3n) is 3.92. The molecule has 0 aliphatic rings. The zero-order valence-electron chi connectivity index (χ0n) is 18.8. The van der Waals surface area contributed by atoms with Crippen LogP contribution in [0.5, 0.6) is 0 Å². The van der Waals surface area contributed by atoms with Gasteiger partial charge >= 0.3 is 0 Å². The van der Waals surface area contributed by atoms with E-state index in [4.69, 9.17) is 15.2 Å². The summed E-state index contributed by atoms with van der Waals surface area (Å²) in [4.78, 5) is 36.8. The molecule has 0 aromatic heterocycles. The van der Waals surface area contributed by atoms with Gasteiger partial charge in [0.2, 0.25) is 17.7 Å². The molecule has 0 radical (unpaired) electrons. The highest BCUT2D eigenvalue weighted by Gasteiger charge is 2.27. The zero-order chi connectivity index (χ0) is 22.4. The summed E-state index contributed by atoms with van der Waals surface area (Å²) < 4.78 is 10.5. The van der Waals surface area contributed by atoms with Crippen molar-refractivity contribution in [3.05, 3.63) is 0 Å². The number of hydrogen-bond acceptors (Lipinski definition) is 6. The van der Waals surface area contributed by atoms with E-state index in [1.165, 1.54) is 0 Å². The van der Waals surface area contributed by atoms with Crippen LogP contribution in [-0.2, 0) is 23.9 Å². The molecule has 9 nitrogen and oxygen atoms in total. The van der Waals surface area contributed by atoms with Crippen molar-refractivity contribution in [2.24, 2.45) is 17.1 Å². The number of rotatable bonds is 14. The van der Waals surface area contributed by atoms with Crippen LogP contribution in [0.3, 0.4) is 0 Å². The monoisotopic (exact) mass is 416 g/mol. The molecule has 9 heteroatoms. The standard InChI is InChI=1S/C20H40N4O5/c1-14(2)17(24-16(25)7-9-28-11-12-29-10-8-21)19(27)23-15(3)18(26)22-13-20(4,5)6/h14-15,17H,7-13,21H2,1-6H3,(H,22,26)(H,23,27)(H,24,25)/t15-,17-/m0/s1. The van der Waals surface area contributed by atoms with E-state index in [0.717, 1.165) is 0 Å². The fourth-order valence-corrected chi connectivity index (χ4v) is 2.22. The minimum atomic E-state index is -0.728. The van der Waals surface area contributed by atoms with Crippen LogP contribution in [0.25, 0.3) is 0 Å². The van der Waals surface area contributed by atoms with Crippen molar-refractivity contribution in [3.63, 3.8) is 0 Å². The first-order valence-corrected chi connectivity index (χ1v) is 10.2. The van der Waals surface area contributed by atoms with E-state index in [1.807, 2.05) is 34.6 Å². The number of nitrogens with one attached hydrogen (secondary N) is 3. The van der Waals surface area contributed by atoms with Gasteiger partial charge in [0.1, 0.15) is 12.1 Å². The molecular weight excluding hydrogens is 376 g/mol. The van der Waals surface area contributed by atoms with Crippen molar-refractivity contribution in [2.45, 2.75) is 60.0 Å². The first-order valence-electron chi connectivity index (χ1n) is 10.2. The molecule has 2 atom stereocenters. The van der Waals surface area contributed by atoms with Crippen LogP contribution in [0, 0.1) is 11.3 Å². The summed E-state index contributed by atoms with van der Waals surface area (Å²) in [5.74, 6) is -1.06. The lowest BCUT2D eigenvalue weighted by atomic mass is 9.97. The average Bonchev–Trinajstić information content (AvgIpc) is 2.62. The molecule has 0 saturated heterocycles. The summed E-state index contributed by atoms with van der Waals surface area (Å²) in [6.45, 7) is 13.8. The number of carbonyl (C=O) groups excluding carboxylic acids is 3. The largest absolute Gasteiger partial charge is 0.379 e. The molecule has 0 aliphatic heterocycles. The molecule has 3 amide bonds. The van der Waals surface area contributed by atoms with Gasteiger partial charge in [-0.15, -0.1) is 0 Å². The van der Waals surface area contributed by atoms with Gasteiger partial charge in [-0.3, -0.25) is 14.4 Å². The van der Waals surface area contributed by atoms with Crippen LogP contribution >= 0.6 is 0 Å². The van der Waals surface area contributed by atoms with E-state index < -0.39 is 12.1 Å². The molecule has 0 heterocycles. The quantitative estimate of drug-likeness (QED) is 0.299. The lowest BCUT2D eigenvalue weighted by Gasteiger charge is -2.25. The van der Waals surface area contributed by atoms with Crippen molar-refractivity contribution in [3.8, 4) is 0 Å². The summed E-state index contributed by atoms with van der Waals surface area (Å²) >= 11 is 0. The molecule has 0 saturated carbocycles. The molecule has 0 aliphatic carbocycles. The fourth-order valence-electron chi connectivity index (χ4n) is 2.22. The maximum Gasteiger partial charge on any atom is 0.243 e. The summed E-state index contributed by atoms with van der Waals surface area (Å²) in [6, 6.07) is -1.42. The van der Waals surface area contributed by atoms with E-state index >= 15 is 0 Å². The molecule has 0 aromatic rings. The van der Waals surface area contributed by atoms with E-state index in [0.29, 0.717) is 32.9 Å². The Morgan fingerprint density at radius 2 is 1.48 bits per heavy atom. The number of amides is 3. The Morgan fingerprint density at radius 3 is 2.00 bits per heavy atom. The van der Waals surface area contributed by atoms with Crippen molar-refractivity contribution >= 4 is 17.7 Å². The van der Waals surface area contributed by atoms with Gasteiger partial charge in [-0.25, -0.2) is 0 Å². The number of hydrogen-bond donors (Lipinski definition) is 4. The second-order valence-corrected chi connectivity index (χ2v) is 8.56. The molecule has 29 heavy (non-hydrogen) atoms. The van der Waals surface area contributed by atoms with E-state index in [2.05, 4.69) is 16.0 Å². The topological polar surface area (TPSA) is 132 Å². The third kappa shape index (κ3) is 14.0. The zero-order valence-corrected chi connectivity index (χ0v) is 18.8. The number of carbonyl (C=O) groups is 3. The van der Waals surface area contributed by atoms with Crippen LogP contribution in [0.2, 0.25) is 0 Å². The Morgan fingerprint density at radius 1 is 0.897 bits per heavy atom. The summed E-state index contributed by atoms with van der Waals surface area (Å²) in [5.41, 5.74) is 5.26. The average molecular weight is 417 g/mol. The summed E-state index contributed by atoms with van der Waals surface area (Å²) in [6.07, 6.45) is 0.134. The highest BCUT2D eigenvalue weighted by molar-refractivity contribution is 5.92. The normalized spacial score (nSPS) is 13.7. The molecular formula is C20H40N4O5. The predicted molar refractivity (Wildman–Crippen MR) is 112 cm³/mol. The predicted octanol–water partition coefficient (Wildman–Crippen LogP) is 0.176. The van der Waals surface area contributed by atoms with Gasteiger partial charge in [-0.2, -0.15) is 0 Å². The Hall–Kier alpha value is -1.71. The molecule has 0 rings (SSSR count). The first kappa shape index (κ1) is 27.3. The smallest absolute Gasteiger partial charge is 0.243 e. The number of nitrogens with two attached hydrogens (primary N) is 1. The summed E-state index contributed by atoms with van der Waals surface area (Å²) in [7, 11) is 0. The van der Waals surface area contributed by atoms with Crippen molar-refractivity contribution in [1.29, 1.82) is 0 Å². The fraction of sp³-hybridized carbons (Fsp3) is 0.850. The molecule has 0 aromatic carbocycles. The van der Waals surface area contributed by atoms with Crippen molar-refractivity contribution in [2.75, 3.05) is 39.5 Å². The van der Waals surface area contributed by atoms with E-state index in [-0.39, 0.29) is 42.1 Å². The van der Waals surface area contributed by atoms with E-state index in [1.54, 1.807) is 6.92 Å². The molecule has 0 fully saturated rings. The minimum Gasteiger partial charge on any atom is -0.379 e. The second kappa shape index (κ2) is 14.3. The van der Waals surface area contributed by atoms with Crippen LogP contribution in [-0.4, -0.2) is 69.3 Å². The Labute approximate surface area is 174 Å². The molecule has 0 bridgehead atoms. The van der Waals surface area contributed by atoms with Crippen LogP contribution < -0.4 is 21.7 Å². The maximum atomic E-state index is 12.5. The molecule has 0 unspecified atom stereocenters. The number of ether oxygens (including phenoxy) is 2. The van der Waals surface area contributed by atoms with Gasteiger partial charge in [0.05, 0.1) is 26.4 Å². The Balaban J connectivity index is 4.38. The van der Waals surface area contributed by atoms with Crippen LogP contribution in [0.1, 0.15) is 48.0 Å². The third-order valence-corrected chi connectivity index (χ3v) is 3.92. The van der Waals surface area contributed by atoms with E-state index in [9.17, 15) is 14.4 Å². The van der Waals surface area contributed by atoms with Gasteiger partial charge in [0.25, 0.3) is 0 Å². The molecule has 0 spiro atoms. The van der Waals surface area contributed by atoms with Gasteiger partial charge in [0.15, 0.2) is 0 Å². The molecule has 170 valence electrons. The van der Waals surface area contributed by atoms with Crippen molar-refractivity contribution in [1.82, 2.24) is 16.0 Å². The first-order chi connectivity index (χ1) is 13.5.